The van der Waals surface area contributed by atoms with Gasteiger partial charge in [0.05, 0.1) is 11.8 Å². The Labute approximate surface area is 183 Å². The summed E-state index contributed by atoms with van der Waals surface area (Å²) in [6.45, 7) is 10.3. The molecule has 0 amide bonds. The molecule has 1 aromatic carbocycles. The van der Waals surface area contributed by atoms with Crippen LogP contribution in [0.3, 0.4) is 0 Å². The van der Waals surface area contributed by atoms with Gasteiger partial charge in [0, 0.05) is 45.5 Å². The lowest BCUT2D eigenvalue weighted by Gasteiger charge is -2.19. The molecule has 1 aliphatic rings. The maximum Gasteiger partial charge on any atom is 0.163 e. The van der Waals surface area contributed by atoms with Gasteiger partial charge in [-0.2, -0.15) is 10.4 Å². The Kier molecular flexibility index (Phi) is 6.67. The number of nitriles is 1. The molecular weight excluding hydrogens is 398 g/mol. The molecule has 30 heavy (non-hydrogen) atoms. The van der Waals surface area contributed by atoms with E-state index in [9.17, 15) is 10.1 Å². The van der Waals surface area contributed by atoms with Gasteiger partial charge in [0.1, 0.15) is 12.4 Å². The Hall–Kier alpha value is -2.58. The van der Waals surface area contributed by atoms with Crippen LogP contribution in [0, 0.1) is 31.1 Å². The number of rotatable bonds is 7. The molecule has 158 valence electrons. The maximum atomic E-state index is 12.0. The third-order valence-electron chi connectivity index (χ3n) is 5.98. The van der Waals surface area contributed by atoms with Crippen molar-refractivity contribution in [1.29, 1.82) is 5.26 Å². The van der Waals surface area contributed by atoms with Crippen LogP contribution in [0.15, 0.2) is 28.8 Å². The van der Waals surface area contributed by atoms with Gasteiger partial charge in [-0.15, -0.1) is 0 Å². The summed E-state index contributed by atoms with van der Waals surface area (Å²) in [5.41, 5.74) is 5.47. The van der Waals surface area contributed by atoms with Crippen LogP contribution in [0.25, 0.3) is 0 Å². The number of carbonyl (C=O) groups excluding carboxylic acids is 1. The average molecular weight is 426 g/mol. The van der Waals surface area contributed by atoms with Gasteiger partial charge in [-0.3, -0.25) is 9.48 Å². The monoisotopic (exact) mass is 425 g/mol. The quantitative estimate of drug-likeness (QED) is 0.523. The molecule has 0 bridgehead atoms. The second-order valence-electron chi connectivity index (χ2n) is 8.13. The number of carbonyl (C=O) groups is 1. The van der Waals surface area contributed by atoms with Crippen LogP contribution < -0.4 is 4.74 Å². The molecule has 0 radical (unpaired) electrons. The van der Waals surface area contributed by atoms with Crippen molar-refractivity contribution in [3.63, 3.8) is 0 Å². The molecule has 0 spiro atoms. The van der Waals surface area contributed by atoms with Crippen LogP contribution in [0.2, 0.25) is 0 Å². The van der Waals surface area contributed by atoms with Crippen molar-refractivity contribution < 1.29 is 9.53 Å². The third kappa shape index (κ3) is 4.29. The summed E-state index contributed by atoms with van der Waals surface area (Å²) in [4.78, 5) is 12.0. The van der Waals surface area contributed by atoms with Crippen molar-refractivity contribution in [3.05, 3.63) is 56.9 Å². The van der Waals surface area contributed by atoms with Gasteiger partial charge in [0.2, 0.25) is 0 Å². The molecular formula is C24H28ClN3O2. The highest BCUT2D eigenvalue weighted by Gasteiger charge is 2.24. The number of ketones is 1. The first-order valence-corrected chi connectivity index (χ1v) is 10.7. The van der Waals surface area contributed by atoms with E-state index in [1.807, 2.05) is 43.7 Å². The van der Waals surface area contributed by atoms with E-state index in [0.29, 0.717) is 23.6 Å². The highest BCUT2D eigenvalue weighted by Crippen LogP contribution is 2.32. The number of Topliss-reactive ketones (excluding diaryl/α,β-unsaturated/α-hetero) is 1. The van der Waals surface area contributed by atoms with E-state index in [0.717, 1.165) is 46.7 Å². The molecule has 2 atom stereocenters. The van der Waals surface area contributed by atoms with E-state index in [-0.39, 0.29) is 17.7 Å². The van der Waals surface area contributed by atoms with E-state index >= 15 is 0 Å². The van der Waals surface area contributed by atoms with E-state index < -0.39 is 0 Å². The number of fused-ring (bicyclic) bond motifs is 1. The zero-order valence-corrected chi connectivity index (χ0v) is 19.0. The fraction of sp³-hybridized carbons (Fsp3) is 0.458. The average Bonchev–Trinajstić information content (AvgIpc) is 3.20. The predicted molar refractivity (Wildman–Crippen MR) is 118 cm³/mol. The predicted octanol–water partition coefficient (Wildman–Crippen LogP) is 5.83. The van der Waals surface area contributed by atoms with Crippen LogP contribution in [0.5, 0.6) is 5.75 Å². The molecule has 1 aromatic heterocycles. The summed E-state index contributed by atoms with van der Waals surface area (Å²) in [6.07, 6.45) is 2.07. The number of aryl methyl sites for hydroxylation is 1. The maximum absolute atomic E-state index is 12.0. The van der Waals surface area contributed by atoms with E-state index in [2.05, 4.69) is 13.0 Å². The molecule has 0 fully saturated rings. The zero-order chi connectivity index (χ0) is 22.0. The Morgan fingerprint density at radius 1 is 1.33 bits per heavy atom. The molecule has 0 saturated heterocycles. The Bertz CT molecular complexity index is 1040. The molecule has 1 aliphatic carbocycles. The van der Waals surface area contributed by atoms with Crippen molar-refractivity contribution in [3.8, 4) is 11.8 Å². The van der Waals surface area contributed by atoms with Gasteiger partial charge in [-0.05, 0) is 52.5 Å². The topological polar surface area (TPSA) is 67.9 Å². The molecule has 2 unspecified atom stereocenters. The van der Waals surface area contributed by atoms with Gasteiger partial charge in [-0.25, -0.2) is 0 Å². The lowest BCUT2D eigenvalue weighted by Crippen LogP contribution is -2.14. The highest BCUT2D eigenvalue weighted by atomic mass is 35.5. The van der Waals surface area contributed by atoms with Gasteiger partial charge >= 0.3 is 0 Å². The third-order valence-corrected chi connectivity index (χ3v) is 6.18. The summed E-state index contributed by atoms with van der Waals surface area (Å²) in [7, 11) is 0. The molecule has 6 heteroatoms. The van der Waals surface area contributed by atoms with Crippen molar-refractivity contribution in [2.45, 2.75) is 66.5 Å². The lowest BCUT2D eigenvalue weighted by molar-refractivity contribution is 0.0994. The van der Waals surface area contributed by atoms with Crippen LogP contribution in [-0.4, -0.2) is 15.6 Å². The van der Waals surface area contributed by atoms with E-state index in [1.54, 1.807) is 6.92 Å². The summed E-state index contributed by atoms with van der Waals surface area (Å²) in [5, 5.41) is 14.7. The van der Waals surface area contributed by atoms with Gasteiger partial charge < -0.3 is 4.74 Å². The smallest absolute Gasteiger partial charge is 0.163 e. The number of aromatic nitrogens is 2. The number of hydrogen-bond acceptors (Lipinski definition) is 4. The normalized spacial score (nSPS) is 16.0. The first-order valence-electron chi connectivity index (χ1n) is 10.3. The Morgan fingerprint density at radius 2 is 2.07 bits per heavy atom. The molecule has 0 N–H and O–H groups in total. The SMILES string of the molecule is C/C(Cl)=C(/C#N)C(C)CC(C)n1nc(C)c(COc2cccc3c2CCC3=O)c1C. The minimum atomic E-state index is 0.0514. The Balaban J connectivity index is 1.76. The molecule has 0 saturated carbocycles. The van der Waals surface area contributed by atoms with Crippen molar-refractivity contribution in [2.75, 3.05) is 0 Å². The van der Waals surface area contributed by atoms with Crippen molar-refractivity contribution >= 4 is 17.4 Å². The molecule has 2 aromatic rings. The van der Waals surface area contributed by atoms with Gasteiger partial charge in [0.15, 0.2) is 5.78 Å². The minimum absolute atomic E-state index is 0.0514. The highest BCUT2D eigenvalue weighted by molar-refractivity contribution is 6.29. The summed E-state index contributed by atoms with van der Waals surface area (Å²) >= 11 is 6.07. The van der Waals surface area contributed by atoms with E-state index in [1.165, 1.54) is 0 Å². The van der Waals surface area contributed by atoms with Crippen LogP contribution in [-0.2, 0) is 13.0 Å². The molecule has 1 heterocycles. The number of benzene rings is 1. The first-order chi connectivity index (χ1) is 14.2. The van der Waals surface area contributed by atoms with Crippen molar-refractivity contribution in [2.24, 2.45) is 5.92 Å². The van der Waals surface area contributed by atoms with E-state index in [4.69, 9.17) is 21.4 Å². The van der Waals surface area contributed by atoms with Crippen LogP contribution >= 0.6 is 11.6 Å². The second-order valence-corrected chi connectivity index (χ2v) is 8.70. The zero-order valence-electron chi connectivity index (χ0n) is 18.3. The fourth-order valence-electron chi connectivity index (χ4n) is 4.33. The molecule has 0 aliphatic heterocycles. The van der Waals surface area contributed by atoms with Crippen molar-refractivity contribution in [1.82, 2.24) is 9.78 Å². The number of nitrogens with zero attached hydrogens (tertiary/aromatic N) is 3. The molecule has 3 rings (SSSR count). The summed E-state index contributed by atoms with van der Waals surface area (Å²) < 4.78 is 8.15. The second kappa shape index (κ2) is 9.06. The van der Waals surface area contributed by atoms with Crippen LogP contribution in [0.1, 0.15) is 72.5 Å². The number of hydrogen-bond donors (Lipinski definition) is 0. The summed E-state index contributed by atoms with van der Waals surface area (Å²) in [5.74, 6) is 1.03. The summed E-state index contributed by atoms with van der Waals surface area (Å²) in [6, 6.07) is 8.03. The first kappa shape index (κ1) is 22.1. The fourth-order valence-corrected chi connectivity index (χ4v) is 4.56. The number of allylic oxidation sites excluding steroid dienone is 2. The molecule has 5 nitrogen and oxygen atoms in total. The number of ether oxygens (including phenoxy) is 1. The standard InChI is InChI=1S/C24H28ClN3O2/c1-14(21(12-26)16(3)25)11-15(2)28-18(5)22(17(4)27-28)13-30-24-8-6-7-19-20(24)9-10-23(19)29/h6-8,14-15H,9-11,13H2,1-5H3/b21-16+. The van der Waals surface area contributed by atoms with Gasteiger partial charge in [0.25, 0.3) is 0 Å². The minimum Gasteiger partial charge on any atom is -0.488 e. The van der Waals surface area contributed by atoms with Gasteiger partial charge in [-0.1, -0.05) is 30.7 Å². The van der Waals surface area contributed by atoms with Crippen LogP contribution in [0.4, 0.5) is 0 Å². The Morgan fingerprint density at radius 3 is 2.73 bits per heavy atom. The number of halogens is 1. The largest absolute Gasteiger partial charge is 0.488 e. The lowest BCUT2D eigenvalue weighted by atomic mass is 9.94.